The third kappa shape index (κ3) is 3.36. The molecule has 0 saturated carbocycles. The molecule has 1 aromatic heterocycles. The van der Waals surface area contributed by atoms with Crippen molar-refractivity contribution in [1.29, 1.82) is 0 Å². The first-order valence-electron chi connectivity index (χ1n) is 9.26. The van der Waals surface area contributed by atoms with E-state index in [1.54, 1.807) is 6.07 Å². The van der Waals surface area contributed by atoms with E-state index in [4.69, 9.17) is 4.74 Å². The second-order valence-corrected chi connectivity index (χ2v) is 7.69. The minimum Gasteiger partial charge on any atom is -0.373 e. The number of rotatable bonds is 3. The zero-order valence-electron chi connectivity index (χ0n) is 15.1. The maximum absolute atomic E-state index is 12.5. The number of aryl methyl sites for hydroxylation is 2. The third-order valence-electron chi connectivity index (χ3n) is 5.64. The Kier molecular flexibility index (Phi) is 4.40. The van der Waals surface area contributed by atoms with Gasteiger partial charge in [0.05, 0.1) is 17.7 Å². The lowest BCUT2D eigenvalue weighted by Gasteiger charge is -2.32. The first-order valence-corrected chi connectivity index (χ1v) is 9.26. The minimum absolute atomic E-state index is 0.0633. The van der Waals surface area contributed by atoms with Gasteiger partial charge in [0.1, 0.15) is 0 Å². The Balaban J connectivity index is 1.47. The van der Waals surface area contributed by atoms with Crippen LogP contribution < -0.4 is 16.1 Å². The summed E-state index contributed by atoms with van der Waals surface area (Å²) in [5.41, 5.74) is 4.29. The second-order valence-electron chi connectivity index (χ2n) is 7.69. The van der Waals surface area contributed by atoms with Crippen molar-refractivity contribution in [3.05, 3.63) is 45.2 Å². The second kappa shape index (κ2) is 6.56. The summed E-state index contributed by atoms with van der Waals surface area (Å²) in [6.07, 6.45) is 3.25. The van der Waals surface area contributed by atoms with E-state index in [9.17, 15) is 4.79 Å². The zero-order valence-corrected chi connectivity index (χ0v) is 15.1. The predicted molar refractivity (Wildman–Crippen MR) is 100 cm³/mol. The first-order chi connectivity index (χ1) is 12.0. The first kappa shape index (κ1) is 16.8. The topological polar surface area (TPSA) is 66.2 Å². The highest BCUT2D eigenvalue weighted by Crippen LogP contribution is 2.33. The Bertz CT molecular complexity index is 837. The molecule has 1 atom stereocenters. The monoisotopic (exact) mass is 341 g/mol. The lowest BCUT2D eigenvalue weighted by Crippen LogP contribution is -2.42. The van der Waals surface area contributed by atoms with Crippen LogP contribution in [0.5, 0.6) is 0 Å². The molecule has 2 saturated heterocycles. The number of fused-ring (bicyclic) bond motifs is 1. The number of H-pyrrole nitrogens is 1. The van der Waals surface area contributed by atoms with Crippen LogP contribution in [0.2, 0.25) is 0 Å². The summed E-state index contributed by atoms with van der Waals surface area (Å²) in [5, 5.41) is 7.75. The summed E-state index contributed by atoms with van der Waals surface area (Å²) in [6.45, 7) is 7.59. The molecule has 1 unspecified atom stereocenters. The summed E-state index contributed by atoms with van der Waals surface area (Å²) in [4.78, 5) is 15.9. The molecular weight excluding hydrogens is 314 g/mol. The molecule has 2 fully saturated rings. The molecule has 134 valence electrons. The zero-order chi connectivity index (χ0) is 17.4. The fourth-order valence-electron chi connectivity index (χ4n) is 4.32. The molecule has 3 heterocycles. The van der Waals surface area contributed by atoms with Crippen molar-refractivity contribution in [3.63, 3.8) is 0 Å². The SMILES string of the molecule is Cc1cc(C)c2[nH]c(CNC3COC4(CCNCC4)C3)cc(=O)c2c1. The maximum Gasteiger partial charge on any atom is 0.189 e. The van der Waals surface area contributed by atoms with Crippen molar-refractivity contribution in [1.82, 2.24) is 15.6 Å². The van der Waals surface area contributed by atoms with E-state index in [0.717, 1.165) is 66.7 Å². The Morgan fingerprint density at radius 3 is 2.84 bits per heavy atom. The van der Waals surface area contributed by atoms with Crippen LogP contribution in [0.15, 0.2) is 23.0 Å². The quantitative estimate of drug-likeness (QED) is 0.800. The van der Waals surface area contributed by atoms with Gasteiger partial charge in [-0.05, 0) is 63.4 Å². The van der Waals surface area contributed by atoms with Gasteiger partial charge in [0, 0.05) is 29.7 Å². The Hall–Kier alpha value is -1.69. The van der Waals surface area contributed by atoms with Crippen LogP contribution in [0.25, 0.3) is 10.9 Å². The predicted octanol–water partition coefficient (Wildman–Crippen LogP) is 2.15. The molecule has 4 rings (SSSR count). The molecule has 1 spiro atoms. The van der Waals surface area contributed by atoms with Crippen molar-refractivity contribution in [2.45, 2.75) is 51.3 Å². The molecule has 0 amide bonds. The van der Waals surface area contributed by atoms with E-state index in [1.807, 2.05) is 19.9 Å². The standard InChI is InChI=1S/C20H27N3O2/c1-13-7-14(2)19-17(8-13)18(24)9-15(23-19)11-22-16-10-20(25-12-16)3-5-21-6-4-20/h7-9,16,21-22H,3-6,10-12H2,1-2H3,(H,23,24). The van der Waals surface area contributed by atoms with E-state index in [-0.39, 0.29) is 11.0 Å². The van der Waals surface area contributed by atoms with Crippen LogP contribution in [-0.4, -0.2) is 36.3 Å². The number of aromatic nitrogens is 1. The van der Waals surface area contributed by atoms with Crippen molar-refractivity contribution < 1.29 is 4.74 Å². The lowest BCUT2D eigenvalue weighted by molar-refractivity contribution is -0.0194. The molecule has 5 nitrogen and oxygen atoms in total. The van der Waals surface area contributed by atoms with E-state index in [1.165, 1.54) is 0 Å². The molecule has 5 heteroatoms. The number of piperidine rings is 1. The Labute approximate surface area is 148 Å². The van der Waals surface area contributed by atoms with Crippen LogP contribution in [0.1, 0.15) is 36.1 Å². The van der Waals surface area contributed by atoms with E-state index < -0.39 is 0 Å². The van der Waals surface area contributed by atoms with Gasteiger partial charge in [0.25, 0.3) is 0 Å². The van der Waals surface area contributed by atoms with Gasteiger partial charge in [-0.1, -0.05) is 6.07 Å². The van der Waals surface area contributed by atoms with Crippen molar-refractivity contribution in [2.24, 2.45) is 0 Å². The minimum atomic E-state index is 0.0633. The third-order valence-corrected chi connectivity index (χ3v) is 5.64. The van der Waals surface area contributed by atoms with Crippen molar-refractivity contribution in [2.75, 3.05) is 19.7 Å². The van der Waals surface area contributed by atoms with Crippen LogP contribution in [0, 0.1) is 13.8 Å². The van der Waals surface area contributed by atoms with Gasteiger partial charge in [-0.3, -0.25) is 4.79 Å². The summed E-state index contributed by atoms with van der Waals surface area (Å²) >= 11 is 0. The van der Waals surface area contributed by atoms with Gasteiger partial charge in [0.2, 0.25) is 0 Å². The van der Waals surface area contributed by atoms with Crippen molar-refractivity contribution in [3.8, 4) is 0 Å². The number of ether oxygens (including phenoxy) is 1. The molecule has 2 aromatic rings. The van der Waals surface area contributed by atoms with Crippen LogP contribution >= 0.6 is 0 Å². The summed E-state index contributed by atoms with van der Waals surface area (Å²) in [6, 6.07) is 6.16. The van der Waals surface area contributed by atoms with Gasteiger partial charge in [-0.15, -0.1) is 0 Å². The average Bonchev–Trinajstić information content (AvgIpc) is 2.97. The number of aromatic amines is 1. The largest absolute Gasteiger partial charge is 0.373 e. The molecule has 25 heavy (non-hydrogen) atoms. The number of hydrogen-bond donors (Lipinski definition) is 3. The number of benzene rings is 1. The van der Waals surface area contributed by atoms with Gasteiger partial charge in [-0.25, -0.2) is 0 Å². The number of nitrogens with one attached hydrogen (secondary N) is 3. The van der Waals surface area contributed by atoms with Crippen molar-refractivity contribution >= 4 is 10.9 Å². The molecule has 2 aliphatic rings. The van der Waals surface area contributed by atoms with Gasteiger partial charge in [-0.2, -0.15) is 0 Å². The molecule has 1 aromatic carbocycles. The van der Waals surface area contributed by atoms with Crippen LogP contribution in [0.4, 0.5) is 0 Å². The Morgan fingerprint density at radius 2 is 2.04 bits per heavy atom. The normalized spacial score (nSPS) is 22.7. The highest BCUT2D eigenvalue weighted by atomic mass is 16.5. The highest BCUT2D eigenvalue weighted by molar-refractivity contribution is 5.82. The molecule has 2 aliphatic heterocycles. The molecule has 3 N–H and O–H groups in total. The van der Waals surface area contributed by atoms with Crippen LogP contribution in [-0.2, 0) is 11.3 Å². The van der Waals surface area contributed by atoms with Gasteiger partial charge in [0.15, 0.2) is 5.43 Å². The fraction of sp³-hybridized carbons (Fsp3) is 0.550. The number of hydrogen-bond acceptors (Lipinski definition) is 4. The average molecular weight is 341 g/mol. The van der Waals surface area contributed by atoms with Gasteiger partial charge < -0.3 is 20.4 Å². The number of pyridine rings is 1. The molecule has 0 aliphatic carbocycles. The Morgan fingerprint density at radius 1 is 1.24 bits per heavy atom. The van der Waals surface area contributed by atoms with Crippen LogP contribution in [0.3, 0.4) is 0 Å². The maximum atomic E-state index is 12.5. The summed E-state index contributed by atoms with van der Waals surface area (Å²) in [5.74, 6) is 0. The van der Waals surface area contributed by atoms with E-state index in [2.05, 4.69) is 21.7 Å². The highest BCUT2D eigenvalue weighted by Gasteiger charge is 2.40. The summed E-state index contributed by atoms with van der Waals surface area (Å²) < 4.78 is 6.13. The van der Waals surface area contributed by atoms with E-state index >= 15 is 0 Å². The molecule has 0 radical (unpaired) electrons. The molecular formula is C20H27N3O2. The lowest BCUT2D eigenvalue weighted by atomic mass is 9.88. The fourth-order valence-corrected chi connectivity index (χ4v) is 4.32. The van der Waals surface area contributed by atoms with E-state index in [0.29, 0.717) is 12.6 Å². The van der Waals surface area contributed by atoms with Gasteiger partial charge >= 0.3 is 0 Å². The summed E-state index contributed by atoms with van der Waals surface area (Å²) in [7, 11) is 0. The molecule has 0 bridgehead atoms. The smallest absolute Gasteiger partial charge is 0.189 e.